The van der Waals surface area contributed by atoms with Gasteiger partial charge in [0, 0.05) is 29.6 Å². The van der Waals surface area contributed by atoms with E-state index in [4.69, 9.17) is 9.47 Å². The van der Waals surface area contributed by atoms with Crippen molar-refractivity contribution in [1.82, 2.24) is 9.29 Å². The fourth-order valence-corrected chi connectivity index (χ4v) is 5.73. The molecule has 0 saturated heterocycles. The van der Waals surface area contributed by atoms with Gasteiger partial charge in [-0.3, -0.25) is 4.79 Å². The lowest BCUT2D eigenvalue weighted by Crippen LogP contribution is -2.42. The van der Waals surface area contributed by atoms with Gasteiger partial charge in [-0.1, -0.05) is 35.7 Å². The number of rotatable bonds is 11. The maximum Gasteiger partial charge on any atom is 0.322 e. The first-order valence-electron chi connectivity index (χ1n) is 12.7. The molecule has 1 heterocycles. The van der Waals surface area contributed by atoms with Crippen molar-refractivity contribution < 1.29 is 27.8 Å². The number of benzene rings is 3. The quantitative estimate of drug-likeness (QED) is 0.258. The van der Waals surface area contributed by atoms with E-state index < -0.39 is 22.0 Å². The minimum atomic E-state index is -4.14. The molecule has 0 bridgehead atoms. The lowest BCUT2D eigenvalue weighted by Gasteiger charge is -2.16. The number of fused-ring (bicyclic) bond motifs is 1. The van der Waals surface area contributed by atoms with Crippen LogP contribution in [0.1, 0.15) is 29.3 Å². The number of hydrogen-bond acceptors (Lipinski definition) is 5. The van der Waals surface area contributed by atoms with E-state index in [9.17, 15) is 18.3 Å². The van der Waals surface area contributed by atoms with E-state index in [1.807, 2.05) is 44.2 Å². The third-order valence-corrected chi connectivity index (χ3v) is 8.24. The normalized spacial score (nSPS) is 12.0. The second kappa shape index (κ2) is 12.3. The average Bonchev–Trinajstić information content (AvgIpc) is 3.19. The Morgan fingerprint density at radius 3 is 2.33 bits per heavy atom. The minimum absolute atomic E-state index is 0.0537. The third-order valence-electron chi connectivity index (χ3n) is 6.75. The number of methoxy groups -OCH3 is 1. The minimum Gasteiger partial charge on any atom is -0.497 e. The van der Waals surface area contributed by atoms with Gasteiger partial charge in [0.15, 0.2) is 0 Å². The predicted molar refractivity (Wildman–Crippen MR) is 154 cm³/mol. The molecule has 8 nitrogen and oxygen atoms in total. The molecule has 208 valence electrons. The highest BCUT2D eigenvalue weighted by Gasteiger charge is 2.28. The SMILES string of the molecule is CC#CCOc1ccc(S(=O)(=O)N[C@@H](Cc2c(C)n(Cc3ccc(C)cc3)c3ccc(OC)cc23)C(=O)O)cc1. The van der Waals surface area contributed by atoms with Gasteiger partial charge in [0.2, 0.25) is 10.0 Å². The highest BCUT2D eigenvalue weighted by atomic mass is 32.2. The van der Waals surface area contributed by atoms with Crippen LogP contribution in [0.5, 0.6) is 11.5 Å². The number of hydrogen-bond donors (Lipinski definition) is 2. The zero-order valence-corrected chi connectivity index (χ0v) is 23.7. The standard InChI is InChI=1S/C31H32N2O6S/c1-5-6-17-39-24-11-14-26(15-12-24)40(36,37)32-29(31(34)35)19-27-22(3)33(20-23-9-7-21(2)8-10-23)30-16-13-25(38-4)18-28(27)30/h7-16,18,29,32H,17,19-20H2,1-4H3,(H,34,35)/t29-/m0/s1. The maximum absolute atomic E-state index is 13.2. The number of ether oxygens (including phenoxy) is 2. The molecule has 2 N–H and O–H groups in total. The van der Waals surface area contributed by atoms with Gasteiger partial charge in [0.05, 0.1) is 12.0 Å². The summed E-state index contributed by atoms with van der Waals surface area (Å²) in [5, 5.41) is 10.9. The Kier molecular flexibility index (Phi) is 8.83. The molecular weight excluding hydrogens is 528 g/mol. The second-order valence-electron chi connectivity index (χ2n) is 9.42. The molecule has 0 radical (unpaired) electrons. The molecule has 1 atom stereocenters. The van der Waals surface area contributed by atoms with E-state index in [1.54, 1.807) is 14.0 Å². The van der Waals surface area contributed by atoms with Gasteiger partial charge in [-0.15, -0.1) is 5.92 Å². The van der Waals surface area contributed by atoms with Crippen LogP contribution < -0.4 is 14.2 Å². The molecule has 0 unspecified atom stereocenters. The summed E-state index contributed by atoms with van der Waals surface area (Å²) in [6.07, 6.45) is -0.0537. The number of carbonyl (C=O) groups is 1. The van der Waals surface area contributed by atoms with E-state index >= 15 is 0 Å². The van der Waals surface area contributed by atoms with Gasteiger partial charge in [-0.25, -0.2) is 8.42 Å². The number of nitrogens with zero attached hydrogens (tertiary/aromatic N) is 1. The third kappa shape index (κ3) is 6.47. The van der Waals surface area contributed by atoms with Crippen molar-refractivity contribution in [3.05, 3.63) is 89.1 Å². The van der Waals surface area contributed by atoms with Crippen LogP contribution in [0.4, 0.5) is 0 Å². The summed E-state index contributed by atoms with van der Waals surface area (Å²) >= 11 is 0. The van der Waals surface area contributed by atoms with Crippen LogP contribution in [-0.4, -0.2) is 43.8 Å². The summed E-state index contributed by atoms with van der Waals surface area (Å²) in [5.74, 6) is 5.30. The Balaban J connectivity index is 1.66. The summed E-state index contributed by atoms with van der Waals surface area (Å²) in [4.78, 5) is 12.3. The first-order valence-corrected chi connectivity index (χ1v) is 14.2. The molecule has 0 saturated carbocycles. The van der Waals surface area contributed by atoms with Gasteiger partial charge in [0.1, 0.15) is 24.1 Å². The summed E-state index contributed by atoms with van der Waals surface area (Å²) in [6.45, 7) is 6.41. The van der Waals surface area contributed by atoms with E-state index in [2.05, 4.69) is 33.3 Å². The molecular formula is C31H32N2O6S. The Bertz CT molecular complexity index is 1680. The van der Waals surface area contributed by atoms with Crippen LogP contribution in [0.15, 0.2) is 71.6 Å². The van der Waals surface area contributed by atoms with Crippen molar-refractivity contribution >= 4 is 26.9 Å². The molecule has 3 aromatic carbocycles. The van der Waals surface area contributed by atoms with Gasteiger partial charge >= 0.3 is 5.97 Å². The first-order chi connectivity index (χ1) is 19.1. The van der Waals surface area contributed by atoms with Crippen LogP contribution in [0.25, 0.3) is 10.9 Å². The molecule has 9 heteroatoms. The molecule has 0 amide bonds. The maximum atomic E-state index is 13.2. The lowest BCUT2D eigenvalue weighted by molar-refractivity contribution is -0.138. The molecule has 0 aliphatic heterocycles. The highest BCUT2D eigenvalue weighted by molar-refractivity contribution is 7.89. The van der Waals surface area contributed by atoms with Crippen LogP contribution in [0.3, 0.4) is 0 Å². The van der Waals surface area contributed by atoms with Crippen LogP contribution in [-0.2, 0) is 27.8 Å². The van der Waals surface area contributed by atoms with Crippen molar-refractivity contribution in [2.75, 3.05) is 13.7 Å². The molecule has 4 rings (SSSR count). The number of carboxylic acids is 1. The largest absolute Gasteiger partial charge is 0.497 e. The van der Waals surface area contributed by atoms with Crippen molar-refractivity contribution in [2.45, 2.75) is 44.7 Å². The number of carboxylic acid groups (broad SMARTS) is 1. The number of aryl methyl sites for hydroxylation is 1. The lowest BCUT2D eigenvalue weighted by atomic mass is 10.0. The smallest absolute Gasteiger partial charge is 0.322 e. The molecule has 1 aromatic heterocycles. The summed E-state index contributed by atoms with van der Waals surface area (Å²) in [5.41, 5.74) is 4.75. The monoisotopic (exact) mass is 560 g/mol. The van der Waals surface area contributed by atoms with Crippen molar-refractivity contribution in [1.29, 1.82) is 0 Å². The fraction of sp³-hybridized carbons (Fsp3) is 0.258. The summed E-state index contributed by atoms with van der Waals surface area (Å²) in [6, 6.07) is 18.2. The zero-order valence-electron chi connectivity index (χ0n) is 22.9. The van der Waals surface area contributed by atoms with Gasteiger partial charge < -0.3 is 19.1 Å². The number of aliphatic carboxylic acids is 1. The highest BCUT2D eigenvalue weighted by Crippen LogP contribution is 2.31. The second-order valence-corrected chi connectivity index (χ2v) is 11.1. The van der Waals surface area contributed by atoms with Crippen molar-refractivity contribution in [3.8, 4) is 23.3 Å². The summed E-state index contributed by atoms with van der Waals surface area (Å²) in [7, 11) is -2.57. The van der Waals surface area contributed by atoms with Gasteiger partial charge in [-0.05, 0) is 74.4 Å². The predicted octanol–water partition coefficient (Wildman–Crippen LogP) is 4.69. The van der Waals surface area contributed by atoms with E-state index in [0.717, 1.165) is 33.3 Å². The summed E-state index contributed by atoms with van der Waals surface area (Å²) < 4.78 is 41.7. The van der Waals surface area contributed by atoms with Gasteiger partial charge in [-0.2, -0.15) is 4.72 Å². The van der Waals surface area contributed by atoms with E-state index in [1.165, 1.54) is 24.3 Å². The molecule has 0 aliphatic rings. The number of sulfonamides is 1. The van der Waals surface area contributed by atoms with Crippen LogP contribution in [0.2, 0.25) is 0 Å². The first kappa shape index (κ1) is 28.7. The van der Waals surface area contributed by atoms with Gasteiger partial charge in [0.25, 0.3) is 0 Å². The molecule has 40 heavy (non-hydrogen) atoms. The van der Waals surface area contributed by atoms with Crippen LogP contribution >= 0.6 is 0 Å². The zero-order chi connectivity index (χ0) is 28.9. The topological polar surface area (TPSA) is 107 Å². The molecule has 0 aliphatic carbocycles. The molecule has 0 fully saturated rings. The van der Waals surface area contributed by atoms with Crippen LogP contribution in [0, 0.1) is 25.7 Å². The molecule has 4 aromatic rings. The number of aromatic nitrogens is 1. The Labute approximate surface area is 234 Å². The Morgan fingerprint density at radius 2 is 1.70 bits per heavy atom. The fourth-order valence-electron chi connectivity index (χ4n) is 4.54. The average molecular weight is 561 g/mol. The van der Waals surface area contributed by atoms with Crippen molar-refractivity contribution in [3.63, 3.8) is 0 Å². The van der Waals surface area contributed by atoms with Crippen molar-refractivity contribution in [2.24, 2.45) is 0 Å². The Morgan fingerprint density at radius 1 is 1.02 bits per heavy atom. The Hall–Kier alpha value is -4.26. The number of nitrogens with one attached hydrogen (secondary N) is 1. The van der Waals surface area contributed by atoms with E-state index in [0.29, 0.717) is 18.0 Å². The molecule has 0 spiro atoms. The van der Waals surface area contributed by atoms with E-state index in [-0.39, 0.29) is 17.9 Å².